The first-order valence-electron chi connectivity index (χ1n) is 9.04. The van der Waals surface area contributed by atoms with Crippen molar-refractivity contribution in [3.63, 3.8) is 0 Å². The van der Waals surface area contributed by atoms with Crippen molar-refractivity contribution in [1.82, 2.24) is 4.98 Å². The summed E-state index contributed by atoms with van der Waals surface area (Å²) in [6.07, 6.45) is 0.786. The highest BCUT2D eigenvalue weighted by molar-refractivity contribution is 8.00. The zero-order chi connectivity index (χ0) is 19.5. The molecule has 0 saturated carbocycles. The summed E-state index contributed by atoms with van der Waals surface area (Å²) in [6.45, 7) is 3.10. The zero-order valence-electron chi connectivity index (χ0n) is 15.3. The number of hydrogen-bond donors (Lipinski definition) is 1. The van der Waals surface area contributed by atoms with Crippen LogP contribution in [-0.2, 0) is 11.2 Å². The quantitative estimate of drug-likeness (QED) is 0.644. The van der Waals surface area contributed by atoms with E-state index in [1.807, 2.05) is 19.1 Å². The molecular weight excluding hydrogens is 379 g/mol. The normalized spacial score (nSPS) is 12.8. The van der Waals surface area contributed by atoms with Crippen LogP contribution < -0.4 is 14.8 Å². The molecule has 2 heterocycles. The van der Waals surface area contributed by atoms with Gasteiger partial charge in [-0.15, -0.1) is 0 Å². The molecule has 0 aliphatic carbocycles. The van der Waals surface area contributed by atoms with Gasteiger partial charge in [-0.25, -0.2) is 9.37 Å². The Hall–Kier alpha value is -2.80. The van der Waals surface area contributed by atoms with Crippen LogP contribution in [-0.4, -0.2) is 29.9 Å². The summed E-state index contributed by atoms with van der Waals surface area (Å²) in [4.78, 5) is 17.0. The van der Waals surface area contributed by atoms with Crippen LogP contribution in [0, 0.1) is 5.82 Å². The highest BCUT2D eigenvalue weighted by atomic mass is 32.2. The van der Waals surface area contributed by atoms with Crippen molar-refractivity contribution < 1.29 is 18.7 Å². The lowest BCUT2D eigenvalue weighted by molar-refractivity contribution is -0.113. The highest BCUT2D eigenvalue weighted by Crippen LogP contribution is 2.36. The topological polar surface area (TPSA) is 60.5 Å². The summed E-state index contributed by atoms with van der Waals surface area (Å²) in [5, 5.41) is 4.36. The van der Waals surface area contributed by atoms with E-state index in [2.05, 4.69) is 11.4 Å². The van der Waals surface area contributed by atoms with Crippen molar-refractivity contribution in [2.45, 2.75) is 18.4 Å². The van der Waals surface area contributed by atoms with Crippen molar-refractivity contribution in [1.29, 1.82) is 0 Å². The summed E-state index contributed by atoms with van der Waals surface area (Å²) in [7, 11) is 0. The SMILES string of the molecule is CCc1cc2cc3c(cc2nc1SCC(=O)Nc1ccccc1F)OCCO3. The number of benzene rings is 2. The molecule has 0 atom stereocenters. The maximum absolute atomic E-state index is 13.7. The molecular formula is C21H19FN2O3S. The van der Waals surface area contributed by atoms with Crippen LogP contribution in [0.15, 0.2) is 47.5 Å². The van der Waals surface area contributed by atoms with E-state index in [1.54, 1.807) is 12.1 Å². The lowest BCUT2D eigenvalue weighted by Gasteiger charge is -2.19. The predicted molar refractivity (Wildman–Crippen MR) is 108 cm³/mol. The van der Waals surface area contributed by atoms with Crippen LogP contribution >= 0.6 is 11.8 Å². The number of thioether (sulfide) groups is 1. The first-order chi connectivity index (χ1) is 13.6. The Morgan fingerprint density at radius 2 is 1.93 bits per heavy atom. The van der Waals surface area contributed by atoms with Crippen molar-refractivity contribution >= 4 is 34.3 Å². The molecule has 1 aromatic heterocycles. The minimum atomic E-state index is -0.453. The van der Waals surface area contributed by atoms with Gasteiger partial charge in [-0.3, -0.25) is 4.79 Å². The third kappa shape index (κ3) is 3.89. The standard InChI is InChI=1S/C21H19FN2O3S/c1-2-13-9-14-10-18-19(27-8-7-26-18)11-17(14)24-21(13)28-12-20(25)23-16-6-4-3-5-15(16)22/h3-6,9-11H,2,7-8,12H2,1H3,(H,23,25). The van der Waals surface area contributed by atoms with E-state index in [-0.39, 0.29) is 17.3 Å². The van der Waals surface area contributed by atoms with E-state index >= 15 is 0 Å². The van der Waals surface area contributed by atoms with Gasteiger partial charge in [-0.1, -0.05) is 30.8 Å². The van der Waals surface area contributed by atoms with Gasteiger partial charge in [-0.05, 0) is 36.2 Å². The van der Waals surface area contributed by atoms with Gasteiger partial charge in [-0.2, -0.15) is 0 Å². The average Bonchev–Trinajstić information content (AvgIpc) is 2.71. The van der Waals surface area contributed by atoms with Gasteiger partial charge in [0.2, 0.25) is 5.91 Å². The van der Waals surface area contributed by atoms with Crippen molar-refractivity contribution in [2.24, 2.45) is 0 Å². The molecule has 5 nitrogen and oxygen atoms in total. The number of nitrogens with one attached hydrogen (secondary N) is 1. The van der Waals surface area contributed by atoms with Gasteiger partial charge in [0, 0.05) is 11.5 Å². The number of fused-ring (bicyclic) bond motifs is 2. The maximum Gasteiger partial charge on any atom is 0.234 e. The van der Waals surface area contributed by atoms with Crippen LogP contribution in [0.4, 0.5) is 10.1 Å². The van der Waals surface area contributed by atoms with Gasteiger partial charge >= 0.3 is 0 Å². The lowest BCUT2D eigenvalue weighted by atomic mass is 10.1. The maximum atomic E-state index is 13.7. The van der Waals surface area contributed by atoms with Crippen LogP contribution in [0.1, 0.15) is 12.5 Å². The van der Waals surface area contributed by atoms with Crippen LogP contribution in [0.3, 0.4) is 0 Å². The molecule has 0 bridgehead atoms. The summed E-state index contributed by atoms with van der Waals surface area (Å²) < 4.78 is 25.0. The number of carbonyl (C=O) groups is 1. The summed E-state index contributed by atoms with van der Waals surface area (Å²) in [5.41, 5.74) is 2.02. The molecule has 1 N–H and O–H groups in total. The fourth-order valence-electron chi connectivity index (χ4n) is 3.00. The average molecular weight is 398 g/mol. The second-order valence-electron chi connectivity index (χ2n) is 6.31. The number of ether oxygens (including phenoxy) is 2. The first-order valence-corrected chi connectivity index (χ1v) is 10.0. The number of aromatic nitrogens is 1. The zero-order valence-corrected chi connectivity index (χ0v) is 16.1. The number of anilines is 1. The van der Waals surface area contributed by atoms with Crippen LogP contribution in [0.5, 0.6) is 11.5 Å². The fraction of sp³-hybridized carbons (Fsp3) is 0.238. The molecule has 0 spiro atoms. The molecule has 144 valence electrons. The minimum Gasteiger partial charge on any atom is -0.486 e. The monoisotopic (exact) mass is 398 g/mol. The lowest BCUT2D eigenvalue weighted by Crippen LogP contribution is -2.15. The van der Waals surface area contributed by atoms with E-state index in [0.717, 1.165) is 33.7 Å². The first kappa shape index (κ1) is 18.6. The van der Waals surface area contributed by atoms with Gasteiger partial charge in [0.15, 0.2) is 11.5 Å². The van der Waals surface area contributed by atoms with Crippen LogP contribution in [0.25, 0.3) is 10.9 Å². The van der Waals surface area contributed by atoms with Gasteiger partial charge in [0.1, 0.15) is 24.1 Å². The van der Waals surface area contributed by atoms with E-state index in [9.17, 15) is 9.18 Å². The third-order valence-corrected chi connectivity index (χ3v) is 5.42. The molecule has 0 unspecified atom stereocenters. The predicted octanol–water partition coefficient (Wildman–Crippen LogP) is 4.44. The minimum absolute atomic E-state index is 0.143. The molecule has 0 fully saturated rings. The Morgan fingerprint density at radius 3 is 2.68 bits per heavy atom. The Balaban J connectivity index is 1.54. The van der Waals surface area contributed by atoms with Crippen molar-refractivity contribution in [3.8, 4) is 11.5 Å². The number of rotatable bonds is 5. The van der Waals surface area contributed by atoms with E-state index in [1.165, 1.54) is 23.9 Å². The smallest absolute Gasteiger partial charge is 0.234 e. The van der Waals surface area contributed by atoms with E-state index < -0.39 is 5.82 Å². The Bertz CT molecular complexity index is 1040. The second kappa shape index (κ2) is 8.06. The van der Waals surface area contributed by atoms with Gasteiger partial charge < -0.3 is 14.8 Å². The third-order valence-electron chi connectivity index (χ3n) is 4.39. The van der Waals surface area contributed by atoms with Gasteiger partial charge in [0.05, 0.1) is 17.0 Å². The number of pyridine rings is 1. The number of carbonyl (C=O) groups excluding carboxylic acids is 1. The number of aryl methyl sites for hydroxylation is 1. The molecule has 1 aliphatic rings. The molecule has 0 radical (unpaired) electrons. The van der Waals surface area contributed by atoms with E-state index in [4.69, 9.17) is 14.5 Å². The van der Waals surface area contributed by atoms with Crippen molar-refractivity contribution in [3.05, 3.63) is 53.8 Å². The highest BCUT2D eigenvalue weighted by Gasteiger charge is 2.16. The van der Waals surface area contributed by atoms with E-state index in [0.29, 0.717) is 19.0 Å². The van der Waals surface area contributed by atoms with Crippen molar-refractivity contribution in [2.75, 3.05) is 24.3 Å². The van der Waals surface area contributed by atoms with Gasteiger partial charge in [0.25, 0.3) is 0 Å². The summed E-state index contributed by atoms with van der Waals surface area (Å²) in [6, 6.07) is 12.0. The molecule has 1 aliphatic heterocycles. The molecule has 7 heteroatoms. The number of nitrogens with zero attached hydrogens (tertiary/aromatic N) is 1. The molecule has 4 rings (SSSR count). The number of halogens is 1. The summed E-state index contributed by atoms with van der Waals surface area (Å²) >= 11 is 1.34. The Kier molecular flexibility index (Phi) is 5.34. The largest absolute Gasteiger partial charge is 0.486 e. The summed E-state index contributed by atoms with van der Waals surface area (Å²) in [5.74, 6) is 0.827. The molecule has 0 saturated heterocycles. The molecule has 1 amide bonds. The number of hydrogen-bond acceptors (Lipinski definition) is 5. The number of para-hydroxylation sites is 1. The molecule has 3 aromatic rings. The second-order valence-corrected chi connectivity index (χ2v) is 7.28. The molecule has 2 aromatic carbocycles. The fourth-order valence-corrected chi connectivity index (χ4v) is 3.89. The Morgan fingerprint density at radius 1 is 1.18 bits per heavy atom. The van der Waals surface area contributed by atoms with Crippen LogP contribution in [0.2, 0.25) is 0 Å². The Labute approximate surface area is 166 Å². The number of amides is 1. The molecule has 28 heavy (non-hydrogen) atoms.